The fourth-order valence-corrected chi connectivity index (χ4v) is 8.87. The van der Waals surface area contributed by atoms with Crippen molar-refractivity contribution in [3.8, 4) is 5.69 Å². The molecule has 1 aromatic heterocycles. The summed E-state index contributed by atoms with van der Waals surface area (Å²) in [6, 6.07) is 70.6. The third-order valence-electron chi connectivity index (χ3n) is 11.7. The van der Waals surface area contributed by atoms with E-state index in [2.05, 4.69) is 252 Å². The maximum atomic E-state index is 2.43. The number of anilines is 8. The van der Waals surface area contributed by atoms with Crippen molar-refractivity contribution in [2.75, 3.05) is 14.7 Å². The number of hydrogen-bond donors (Lipinski definition) is 0. The second-order valence-corrected chi connectivity index (χ2v) is 16.1. The highest BCUT2D eigenvalue weighted by Crippen LogP contribution is 2.43. The minimum absolute atomic E-state index is 1.02. The third kappa shape index (κ3) is 7.38. The van der Waals surface area contributed by atoms with Crippen LogP contribution in [0.5, 0.6) is 0 Å². The van der Waals surface area contributed by atoms with E-state index in [1.54, 1.807) is 0 Å². The summed E-state index contributed by atoms with van der Waals surface area (Å²) in [5, 5.41) is 2.38. The Bertz CT molecular complexity index is 3070. The summed E-state index contributed by atoms with van der Waals surface area (Å²) >= 11 is 0. The van der Waals surface area contributed by atoms with E-state index in [0.29, 0.717) is 0 Å². The van der Waals surface area contributed by atoms with Crippen molar-refractivity contribution in [2.45, 2.75) is 33.6 Å². The molecule has 0 aliphatic heterocycles. The van der Waals surface area contributed by atoms with Crippen LogP contribution in [0.1, 0.15) is 29.5 Å². The SMILES string of the molecule is Cc1cccc(N(C2=CCCC=C2)c2ccc3c(c2)c2cc(N(c4ccccc4)c4cccc(C)c4)ccc2n3-c2ccc(N(c3ccccc3)c3cccc(C)c3)cc2)c1. The van der Waals surface area contributed by atoms with Crippen molar-refractivity contribution >= 4 is 67.3 Å². The van der Waals surface area contributed by atoms with Crippen molar-refractivity contribution in [3.63, 3.8) is 0 Å². The van der Waals surface area contributed by atoms with Crippen LogP contribution in [0, 0.1) is 20.8 Å². The van der Waals surface area contributed by atoms with Crippen molar-refractivity contribution in [1.82, 2.24) is 4.57 Å². The number of hydrogen-bond acceptors (Lipinski definition) is 3. The van der Waals surface area contributed by atoms with Crippen LogP contribution in [0.2, 0.25) is 0 Å². The lowest BCUT2D eigenvalue weighted by atomic mass is 10.1. The molecule has 0 saturated heterocycles. The zero-order valence-corrected chi connectivity index (χ0v) is 34.9. The molecule has 0 radical (unpaired) electrons. The van der Waals surface area contributed by atoms with Gasteiger partial charge in [-0.15, -0.1) is 0 Å². The molecule has 0 fully saturated rings. The van der Waals surface area contributed by atoms with Gasteiger partial charge in [0.1, 0.15) is 0 Å². The predicted octanol–water partition coefficient (Wildman–Crippen LogP) is 16.0. The van der Waals surface area contributed by atoms with Crippen molar-refractivity contribution in [2.24, 2.45) is 0 Å². The first-order valence-corrected chi connectivity index (χ1v) is 21.2. The lowest BCUT2D eigenvalue weighted by molar-refractivity contribution is 0.997. The van der Waals surface area contributed by atoms with E-state index in [-0.39, 0.29) is 0 Å². The Morgan fingerprint density at radius 1 is 0.361 bits per heavy atom. The third-order valence-corrected chi connectivity index (χ3v) is 11.7. The van der Waals surface area contributed by atoms with Crippen LogP contribution in [0.3, 0.4) is 0 Å². The maximum Gasteiger partial charge on any atom is 0.0542 e. The Morgan fingerprint density at radius 3 is 1.25 bits per heavy atom. The van der Waals surface area contributed by atoms with Gasteiger partial charge in [0, 0.05) is 67.7 Å². The quantitative estimate of drug-likeness (QED) is 0.137. The summed E-state index contributed by atoms with van der Waals surface area (Å²) in [5.41, 5.74) is 17.3. The molecule has 0 bridgehead atoms. The largest absolute Gasteiger partial charge is 0.311 e. The summed E-state index contributed by atoms with van der Waals surface area (Å²) in [6.07, 6.45) is 9.01. The summed E-state index contributed by atoms with van der Waals surface area (Å²) < 4.78 is 2.43. The molecule has 9 aromatic rings. The molecule has 8 aromatic carbocycles. The Labute approximate surface area is 359 Å². The molecule has 0 amide bonds. The van der Waals surface area contributed by atoms with E-state index in [9.17, 15) is 0 Å². The molecule has 1 aliphatic carbocycles. The molecule has 0 atom stereocenters. The normalized spacial score (nSPS) is 12.4. The lowest BCUT2D eigenvalue weighted by Gasteiger charge is -2.28. The Kier molecular flexibility index (Phi) is 10.0. The van der Waals surface area contributed by atoms with Crippen LogP contribution in [-0.4, -0.2) is 4.57 Å². The number of aromatic nitrogens is 1. The van der Waals surface area contributed by atoms with Crippen LogP contribution in [0.25, 0.3) is 27.5 Å². The number of allylic oxidation sites excluding steroid dienone is 3. The van der Waals surface area contributed by atoms with Gasteiger partial charge in [0.05, 0.1) is 11.0 Å². The van der Waals surface area contributed by atoms with E-state index < -0.39 is 0 Å². The highest BCUT2D eigenvalue weighted by molar-refractivity contribution is 6.12. The van der Waals surface area contributed by atoms with Crippen molar-refractivity contribution in [1.29, 1.82) is 0 Å². The monoisotopic (exact) mass is 788 g/mol. The second-order valence-electron chi connectivity index (χ2n) is 16.1. The van der Waals surface area contributed by atoms with Crippen LogP contribution in [-0.2, 0) is 0 Å². The lowest BCUT2D eigenvalue weighted by Crippen LogP contribution is -2.16. The number of rotatable bonds is 10. The van der Waals surface area contributed by atoms with Gasteiger partial charge in [-0.05, 0) is 178 Å². The molecule has 4 nitrogen and oxygen atoms in total. The van der Waals surface area contributed by atoms with Crippen LogP contribution < -0.4 is 14.7 Å². The second kappa shape index (κ2) is 16.2. The van der Waals surface area contributed by atoms with Gasteiger partial charge < -0.3 is 19.3 Å². The summed E-state index contributed by atoms with van der Waals surface area (Å²) in [6.45, 7) is 6.48. The number of aryl methyl sites for hydroxylation is 3. The van der Waals surface area contributed by atoms with E-state index >= 15 is 0 Å². The van der Waals surface area contributed by atoms with Crippen LogP contribution in [0.15, 0.2) is 218 Å². The van der Waals surface area contributed by atoms with E-state index in [1.807, 2.05) is 0 Å². The number of fused-ring (bicyclic) bond motifs is 3. The first-order valence-electron chi connectivity index (χ1n) is 21.2. The first-order chi connectivity index (χ1) is 30.0. The molecule has 0 N–H and O–H groups in total. The minimum Gasteiger partial charge on any atom is -0.311 e. The topological polar surface area (TPSA) is 14.7 Å². The highest BCUT2D eigenvalue weighted by Gasteiger charge is 2.21. The maximum absolute atomic E-state index is 2.43. The number of nitrogens with zero attached hydrogens (tertiary/aromatic N) is 4. The standard InChI is InChI=1S/C57H48N4/c1-41-16-13-25-49(36-41)58(44-19-7-4-8-20-44)47-28-30-48(31-29-47)61-56-34-32-52(59(45-21-9-5-10-22-45)50-26-14-17-42(2)37-50)39-54(56)55-40-53(33-35-57(55)61)60(46-23-11-6-12-24-46)51-27-15-18-43(3)38-51/h4-5,7-11,13-40H,6,12H2,1-3H3. The predicted molar refractivity (Wildman–Crippen MR) is 259 cm³/mol. The molecule has 0 spiro atoms. The smallest absolute Gasteiger partial charge is 0.0542 e. The molecular weight excluding hydrogens is 741 g/mol. The number of benzene rings is 8. The molecule has 0 saturated carbocycles. The number of para-hydroxylation sites is 2. The van der Waals surface area contributed by atoms with Crippen LogP contribution in [0.4, 0.5) is 45.5 Å². The van der Waals surface area contributed by atoms with Gasteiger partial charge in [0.2, 0.25) is 0 Å². The van der Waals surface area contributed by atoms with Gasteiger partial charge in [0.25, 0.3) is 0 Å². The zero-order valence-electron chi connectivity index (χ0n) is 34.9. The molecule has 296 valence electrons. The average Bonchev–Trinajstić information content (AvgIpc) is 3.61. The van der Waals surface area contributed by atoms with E-state index in [1.165, 1.54) is 33.2 Å². The fourth-order valence-electron chi connectivity index (χ4n) is 8.87. The first kappa shape index (κ1) is 37.7. The van der Waals surface area contributed by atoms with Crippen molar-refractivity contribution in [3.05, 3.63) is 235 Å². The Hall–Kier alpha value is -7.56. The van der Waals surface area contributed by atoms with Gasteiger partial charge >= 0.3 is 0 Å². The molecule has 1 aliphatic rings. The van der Waals surface area contributed by atoms with Crippen molar-refractivity contribution < 1.29 is 0 Å². The molecule has 61 heavy (non-hydrogen) atoms. The molecule has 10 rings (SSSR count). The van der Waals surface area contributed by atoms with Gasteiger partial charge in [-0.2, -0.15) is 0 Å². The molecule has 4 heteroatoms. The summed E-state index contributed by atoms with van der Waals surface area (Å²) in [4.78, 5) is 7.11. The zero-order chi connectivity index (χ0) is 41.3. The Morgan fingerprint density at radius 2 is 0.770 bits per heavy atom. The van der Waals surface area contributed by atoms with E-state index in [0.717, 1.165) is 75.1 Å². The summed E-state index contributed by atoms with van der Waals surface area (Å²) in [7, 11) is 0. The Balaban J connectivity index is 1.18. The minimum atomic E-state index is 1.02. The fraction of sp³-hybridized carbons (Fsp3) is 0.0877. The highest BCUT2D eigenvalue weighted by atomic mass is 15.2. The average molecular weight is 789 g/mol. The molecular formula is C57H48N4. The molecule has 1 heterocycles. The van der Waals surface area contributed by atoms with Gasteiger partial charge in [-0.3, -0.25) is 0 Å². The molecule has 0 unspecified atom stereocenters. The van der Waals surface area contributed by atoms with Crippen LogP contribution >= 0.6 is 0 Å². The van der Waals surface area contributed by atoms with Gasteiger partial charge in [-0.1, -0.05) is 84.9 Å². The summed E-state index contributed by atoms with van der Waals surface area (Å²) in [5.74, 6) is 0. The van der Waals surface area contributed by atoms with E-state index in [4.69, 9.17) is 0 Å². The van der Waals surface area contributed by atoms with Gasteiger partial charge in [0.15, 0.2) is 0 Å². The van der Waals surface area contributed by atoms with Gasteiger partial charge in [-0.25, -0.2) is 0 Å².